The highest BCUT2D eigenvalue weighted by Gasteiger charge is 2.12. The van der Waals surface area contributed by atoms with Crippen molar-refractivity contribution in [2.45, 2.75) is 20.3 Å². The van der Waals surface area contributed by atoms with Crippen molar-refractivity contribution in [1.29, 1.82) is 0 Å². The van der Waals surface area contributed by atoms with Crippen LogP contribution in [0.1, 0.15) is 37.0 Å². The SMILES string of the molecule is CCOc1ccc(C(=C(CC)c2ccccc2)c2ccccc2)cc1. The van der Waals surface area contributed by atoms with E-state index >= 15 is 0 Å². The second-order valence-corrected chi connectivity index (χ2v) is 5.90. The van der Waals surface area contributed by atoms with Crippen LogP contribution in [0.15, 0.2) is 84.9 Å². The molecule has 0 saturated heterocycles. The van der Waals surface area contributed by atoms with E-state index in [9.17, 15) is 0 Å². The van der Waals surface area contributed by atoms with Crippen LogP contribution in [-0.2, 0) is 0 Å². The lowest BCUT2D eigenvalue weighted by Crippen LogP contribution is -1.96. The second kappa shape index (κ2) is 8.34. The van der Waals surface area contributed by atoms with Gasteiger partial charge in [-0.3, -0.25) is 0 Å². The minimum Gasteiger partial charge on any atom is -0.494 e. The molecule has 3 aromatic rings. The molecule has 0 atom stereocenters. The van der Waals surface area contributed by atoms with E-state index in [0.29, 0.717) is 6.61 Å². The van der Waals surface area contributed by atoms with Gasteiger partial charge in [-0.1, -0.05) is 79.7 Å². The van der Waals surface area contributed by atoms with Crippen LogP contribution in [0.4, 0.5) is 0 Å². The average Bonchev–Trinajstić information content (AvgIpc) is 2.68. The summed E-state index contributed by atoms with van der Waals surface area (Å²) in [4.78, 5) is 0. The van der Waals surface area contributed by atoms with Gasteiger partial charge < -0.3 is 4.74 Å². The Hall–Kier alpha value is -2.80. The summed E-state index contributed by atoms with van der Waals surface area (Å²) in [6, 6.07) is 29.7. The first kappa shape index (κ1) is 17.0. The van der Waals surface area contributed by atoms with E-state index in [4.69, 9.17) is 4.74 Å². The van der Waals surface area contributed by atoms with Crippen LogP contribution in [0.5, 0.6) is 5.75 Å². The lowest BCUT2D eigenvalue weighted by molar-refractivity contribution is 0.340. The average molecular weight is 328 g/mol. The summed E-state index contributed by atoms with van der Waals surface area (Å²) in [6.45, 7) is 4.92. The van der Waals surface area contributed by atoms with Gasteiger partial charge in [-0.2, -0.15) is 0 Å². The molecule has 0 radical (unpaired) electrons. The van der Waals surface area contributed by atoms with Gasteiger partial charge in [0.2, 0.25) is 0 Å². The number of hydrogen-bond acceptors (Lipinski definition) is 1. The van der Waals surface area contributed by atoms with Crippen LogP contribution < -0.4 is 4.74 Å². The summed E-state index contributed by atoms with van der Waals surface area (Å²) in [7, 11) is 0. The van der Waals surface area contributed by atoms with Gasteiger partial charge in [0.15, 0.2) is 0 Å². The fourth-order valence-electron chi connectivity index (χ4n) is 3.17. The molecule has 0 N–H and O–H groups in total. The van der Waals surface area contributed by atoms with Crippen molar-refractivity contribution in [2.75, 3.05) is 6.61 Å². The van der Waals surface area contributed by atoms with Crippen molar-refractivity contribution in [3.05, 3.63) is 102 Å². The van der Waals surface area contributed by atoms with Crippen molar-refractivity contribution >= 4 is 11.1 Å². The van der Waals surface area contributed by atoms with Gasteiger partial charge in [0, 0.05) is 0 Å². The number of ether oxygens (including phenoxy) is 1. The van der Waals surface area contributed by atoms with Crippen LogP contribution in [-0.4, -0.2) is 6.61 Å². The maximum atomic E-state index is 5.60. The van der Waals surface area contributed by atoms with Crippen LogP contribution in [0.2, 0.25) is 0 Å². The molecule has 0 spiro atoms. The predicted molar refractivity (Wildman–Crippen MR) is 107 cm³/mol. The topological polar surface area (TPSA) is 9.23 Å². The first-order valence-electron chi connectivity index (χ1n) is 8.90. The molecular formula is C24H24O. The normalized spacial score (nSPS) is 11.8. The van der Waals surface area contributed by atoms with Gasteiger partial charge in [0.1, 0.15) is 5.75 Å². The maximum Gasteiger partial charge on any atom is 0.119 e. The van der Waals surface area contributed by atoms with Crippen molar-refractivity contribution in [2.24, 2.45) is 0 Å². The molecule has 126 valence electrons. The molecule has 1 heteroatoms. The largest absolute Gasteiger partial charge is 0.494 e. The van der Waals surface area contributed by atoms with Gasteiger partial charge in [0.25, 0.3) is 0 Å². The highest BCUT2D eigenvalue weighted by Crippen LogP contribution is 2.34. The molecule has 0 aliphatic carbocycles. The van der Waals surface area contributed by atoms with E-state index in [1.807, 2.05) is 6.92 Å². The monoisotopic (exact) mass is 328 g/mol. The van der Waals surface area contributed by atoms with E-state index < -0.39 is 0 Å². The minimum absolute atomic E-state index is 0.685. The Morgan fingerprint density at radius 3 is 1.68 bits per heavy atom. The zero-order chi connectivity index (χ0) is 17.5. The third-order valence-corrected chi connectivity index (χ3v) is 4.29. The third kappa shape index (κ3) is 4.00. The van der Waals surface area contributed by atoms with Crippen LogP contribution in [0.3, 0.4) is 0 Å². The smallest absolute Gasteiger partial charge is 0.119 e. The fraction of sp³-hybridized carbons (Fsp3) is 0.167. The zero-order valence-electron chi connectivity index (χ0n) is 14.9. The molecule has 25 heavy (non-hydrogen) atoms. The number of hydrogen-bond donors (Lipinski definition) is 0. The summed E-state index contributed by atoms with van der Waals surface area (Å²) in [5, 5.41) is 0. The lowest BCUT2D eigenvalue weighted by Gasteiger charge is -2.16. The molecular weight excluding hydrogens is 304 g/mol. The molecule has 0 heterocycles. The summed E-state index contributed by atoms with van der Waals surface area (Å²) in [6.07, 6.45) is 0.974. The third-order valence-electron chi connectivity index (χ3n) is 4.29. The number of benzene rings is 3. The molecule has 0 bridgehead atoms. The Kier molecular flexibility index (Phi) is 5.69. The van der Waals surface area contributed by atoms with E-state index in [1.54, 1.807) is 0 Å². The Labute approximate surface area is 150 Å². The summed E-state index contributed by atoms with van der Waals surface area (Å²) >= 11 is 0. The Balaban J connectivity index is 2.17. The van der Waals surface area contributed by atoms with Gasteiger partial charge in [-0.25, -0.2) is 0 Å². The second-order valence-electron chi connectivity index (χ2n) is 5.90. The summed E-state index contributed by atoms with van der Waals surface area (Å²) in [5.74, 6) is 0.913. The van der Waals surface area contributed by atoms with Gasteiger partial charge in [-0.15, -0.1) is 0 Å². The van der Waals surface area contributed by atoms with Crippen molar-refractivity contribution < 1.29 is 4.74 Å². The minimum atomic E-state index is 0.685. The van der Waals surface area contributed by atoms with Crippen molar-refractivity contribution in [1.82, 2.24) is 0 Å². The highest BCUT2D eigenvalue weighted by atomic mass is 16.5. The molecule has 0 fully saturated rings. The predicted octanol–water partition coefficient (Wildman–Crippen LogP) is 6.45. The number of allylic oxidation sites excluding steroid dienone is 1. The first-order chi connectivity index (χ1) is 12.3. The van der Waals surface area contributed by atoms with Crippen LogP contribution in [0.25, 0.3) is 11.1 Å². The van der Waals surface area contributed by atoms with Crippen molar-refractivity contribution in [3.8, 4) is 5.75 Å². The van der Waals surface area contributed by atoms with E-state index in [0.717, 1.165) is 12.2 Å². The standard InChI is InChI=1S/C24H24O/c1-3-23(19-11-7-5-8-12-19)24(20-13-9-6-10-14-20)21-15-17-22(18-16-21)25-4-2/h5-18H,3-4H2,1-2H3. The Bertz CT molecular complexity index is 815. The lowest BCUT2D eigenvalue weighted by atomic mass is 9.88. The molecule has 0 saturated carbocycles. The van der Waals surface area contributed by atoms with E-state index in [2.05, 4.69) is 91.9 Å². The molecule has 0 amide bonds. The van der Waals surface area contributed by atoms with Gasteiger partial charge in [0.05, 0.1) is 6.61 Å². The Morgan fingerprint density at radius 1 is 0.640 bits per heavy atom. The Morgan fingerprint density at radius 2 is 1.16 bits per heavy atom. The molecule has 1 nitrogen and oxygen atoms in total. The quantitative estimate of drug-likeness (QED) is 0.472. The van der Waals surface area contributed by atoms with E-state index in [1.165, 1.54) is 27.8 Å². The maximum absolute atomic E-state index is 5.60. The molecule has 0 aliphatic heterocycles. The first-order valence-corrected chi connectivity index (χ1v) is 8.90. The van der Waals surface area contributed by atoms with Gasteiger partial charge >= 0.3 is 0 Å². The molecule has 3 rings (SSSR count). The molecule has 0 aliphatic rings. The summed E-state index contributed by atoms with van der Waals surface area (Å²) < 4.78 is 5.60. The zero-order valence-corrected chi connectivity index (χ0v) is 14.9. The highest BCUT2D eigenvalue weighted by molar-refractivity contribution is 5.98. The summed E-state index contributed by atoms with van der Waals surface area (Å²) in [5.41, 5.74) is 6.38. The van der Waals surface area contributed by atoms with E-state index in [-0.39, 0.29) is 0 Å². The fourth-order valence-corrected chi connectivity index (χ4v) is 3.17. The van der Waals surface area contributed by atoms with Crippen LogP contribution in [0, 0.1) is 0 Å². The molecule has 0 unspecified atom stereocenters. The van der Waals surface area contributed by atoms with Crippen molar-refractivity contribution in [3.63, 3.8) is 0 Å². The molecule has 3 aromatic carbocycles. The van der Waals surface area contributed by atoms with Gasteiger partial charge in [-0.05, 0) is 53.3 Å². The number of rotatable bonds is 6. The van der Waals surface area contributed by atoms with Crippen LogP contribution >= 0.6 is 0 Å². The molecule has 0 aromatic heterocycles.